The SMILES string of the molecule is CC=CCO[C@H]1CC[C@H](c2ccc(C34CCC(CCCCC)(CC3)CC4)cc2)CC1. The first-order valence-corrected chi connectivity index (χ1v) is 13.0. The monoisotopic (exact) mass is 408 g/mol. The second kappa shape index (κ2) is 10.0. The van der Waals surface area contributed by atoms with Gasteiger partial charge in [0.2, 0.25) is 0 Å². The highest BCUT2D eigenvalue weighted by Gasteiger charge is 2.48. The molecule has 0 heterocycles. The number of rotatable bonds is 9. The normalized spacial score (nSPS) is 33.9. The Morgan fingerprint density at radius 1 is 0.900 bits per heavy atom. The van der Waals surface area contributed by atoms with Crippen LogP contribution in [-0.2, 0) is 10.2 Å². The van der Waals surface area contributed by atoms with E-state index in [1.54, 1.807) is 11.1 Å². The van der Waals surface area contributed by atoms with Crippen LogP contribution in [-0.4, -0.2) is 12.7 Å². The number of ether oxygens (including phenoxy) is 1. The Morgan fingerprint density at radius 2 is 1.57 bits per heavy atom. The lowest BCUT2D eigenvalue weighted by molar-refractivity contribution is 0.0305. The molecule has 4 aliphatic carbocycles. The first-order valence-electron chi connectivity index (χ1n) is 13.0. The van der Waals surface area contributed by atoms with Crippen molar-refractivity contribution in [2.45, 2.75) is 121 Å². The van der Waals surface area contributed by atoms with E-state index < -0.39 is 0 Å². The Hall–Kier alpha value is -1.08. The van der Waals surface area contributed by atoms with Gasteiger partial charge in [-0.1, -0.05) is 62.6 Å². The highest BCUT2D eigenvalue weighted by atomic mass is 16.5. The van der Waals surface area contributed by atoms with E-state index in [4.69, 9.17) is 4.74 Å². The lowest BCUT2D eigenvalue weighted by Crippen LogP contribution is -2.44. The van der Waals surface area contributed by atoms with Gasteiger partial charge in [-0.15, -0.1) is 0 Å². The number of allylic oxidation sites excluding steroid dienone is 1. The highest BCUT2D eigenvalue weighted by Crippen LogP contribution is 2.59. The largest absolute Gasteiger partial charge is 0.374 e. The minimum absolute atomic E-state index is 0.470. The summed E-state index contributed by atoms with van der Waals surface area (Å²) >= 11 is 0. The zero-order valence-electron chi connectivity index (χ0n) is 19.6. The summed E-state index contributed by atoms with van der Waals surface area (Å²) in [5, 5.41) is 0. The molecule has 0 N–H and O–H groups in total. The van der Waals surface area contributed by atoms with Gasteiger partial charge < -0.3 is 4.74 Å². The summed E-state index contributed by atoms with van der Waals surface area (Å²) in [4.78, 5) is 0. The first kappa shape index (κ1) is 22.1. The van der Waals surface area contributed by atoms with Crippen LogP contribution in [0.4, 0.5) is 0 Å². The quantitative estimate of drug-likeness (QED) is 0.294. The van der Waals surface area contributed by atoms with Crippen LogP contribution in [0.1, 0.15) is 121 Å². The van der Waals surface area contributed by atoms with Crippen molar-refractivity contribution in [2.24, 2.45) is 5.41 Å². The van der Waals surface area contributed by atoms with Crippen LogP contribution in [0.3, 0.4) is 0 Å². The standard InChI is InChI=1S/C29H44O/c1-3-5-7-16-28-17-20-29(21-18-28,22-19-28)26-12-8-24(9-13-26)25-10-14-27(15-11-25)30-23-6-4-2/h4,6,8-9,12-13,25,27H,3,5,7,10-11,14-23H2,1-2H3/t25-,27-,28?,29?. The molecule has 5 rings (SSSR count). The molecule has 1 aromatic rings. The molecule has 0 amide bonds. The molecular formula is C29H44O. The Kier molecular flexibility index (Phi) is 7.40. The van der Waals surface area contributed by atoms with E-state index in [1.807, 2.05) is 0 Å². The van der Waals surface area contributed by atoms with Gasteiger partial charge in [0.15, 0.2) is 0 Å². The Morgan fingerprint density at radius 3 is 2.17 bits per heavy atom. The van der Waals surface area contributed by atoms with Gasteiger partial charge in [-0.05, 0) is 105 Å². The van der Waals surface area contributed by atoms with Gasteiger partial charge in [-0.2, -0.15) is 0 Å². The third-order valence-corrected chi connectivity index (χ3v) is 9.04. The fourth-order valence-corrected chi connectivity index (χ4v) is 6.78. The van der Waals surface area contributed by atoms with Crippen molar-refractivity contribution in [3.8, 4) is 0 Å². The first-order chi connectivity index (χ1) is 14.7. The highest BCUT2D eigenvalue weighted by molar-refractivity contribution is 5.33. The molecule has 4 saturated carbocycles. The lowest BCUT2D eigenvalue weighted by Gasteiger charge is -2.54. The Balaban J connectivity index is 1.31. The molecule has 30 heavy (non-hydrogen) atoms. The van der Waals surface area contributed by atoms with Gasteiger partial charge in [0.25, 0.3) is 0 Å². The van der Waals surface area contributed by atoms with Crippen molar-refractivity contribution in [2.75, 3.05) is 6.61 Å². The molecule has 2 bridgehead atoms. The fraction of sp³-hybridized carbons (Fsp3) is 0.724. The molecule has 166 valence electrons. The molecule has 0 spiro atoms. The molecule has 0 unspecified atom stereocenters. The average molecular weight is 409 g/mol. The predicted molar refractivity (Wildman–Crippen MR) is 128 cm³/mol. The molecule has 1 nitrogen and oxygen atoms in total. The second-order valence-corrected chi connectivity index (χ2v) is 10.7. The van der Waals surface area contributed by atoms with E-state index in [-0.39, 0.29) is 0 Å². The Labute approximate surface area is 185 Å². The summed E-state index contributed by atoms with van der Waals surface area (Å²) in [6.45, 7) is 5.18. The van der Waals surface area contributed by atoms with Crippen LogP contribution < -0.4 is 0 Å². The van der Waals surface area contributed by atoms with Gasteiger partial charge in [0.05, 0.1) is 12.7 Å². The molecule has 4 aliphatic rings. The van der Waals surface area contributed by atoms with Gasteiger partial charge in [0, 0.05) is 0 Å². The predicted octanol–water partition coefficient (Wildman–Crippen LogP) is 8.48. The van der Waals surface area contributed by atoms with Crippen molar-refractivity contribution < 1.29 is 4.74 Å². The van der Waals surface area contributed by atoms with E-state index in [0.717, 1.165) is 12.5 Å². The summed E-state index contributed by atoms with van der Waals surface area (Å²) in [5.74, 6) is 0.738. The van der Waals surface area contributed by atoms with Crippen LogP contribution in [0, 0.1) is 5.41 Å². The van der Waals surface area contributed by atoms with E-state index >= 15 is 0 Å². The van der Waals surface area contributed by atoms with Crippen LogP contribution in [0.5, 0.6) is 0 Å². The number of benzene rings is 1. The fourth-order valence-electron chi connectivity index (χ4n) is 6.78. The maximum atomic E-state index is 5.99. The van der Waals surface area contributed by atoms with Crippen LogP contribution in [0.15, 0.2) is 36.4 Å². The summed E-state index contributed by atoms with van der Waals surface area (Å²) in [7, 11) is 0. The lowest BCUT2D eigenvalue weighted by atomic mass is 9.51. The molecule has 0 atom stereocenters. The summed E-state index contributed by atoms with van der Waals surface area (Å²) < 4.78 is 5.99. The zero-order chi connectivity index (χ0) is 20.9. The van der Waals surface area contributed by atoms with E-state index in [2.05, 4.69) is 50.3 Å². The van der Waals surface area contributed by atoms with E-state index in [9.17, 15) is 0 Å². The topological polar surface area (TPSA) is 9.23 Å². The molecule has 0 saturated heterocycles. The van der Waals surface area contributed by atoms with Gasteiger partial charge in [-0.3, -0.25) is 0 Å². The van der Waals surface area contributed by atoms with Crippen molar-refractivity contribution >= 4 is 0 Å². The van der Waals surface area contributed by atoms with E-state index in [0.29, 0.717) is 16.9 Å². The third-order valence-electron chi connectivity index (χ3n) is 9.04. The van der Waals surface area contributed by atoms with Crippen LogP contribution in [0.2, 0.25) is 0 Å². The average Bonchev–Trinajstić information content (AvgIpc) is 2.81. The number of hydrogen-bond donors (Lipinski definition) is 0. The molecule has 0 radical (unpaired) electrons. The molecule has 1 heteroatoms. The third kappa shape index (κ3) is 4.87. The Bertz CT molecular complexity index is 652. The van der Waals surface area contributed by atoms with Crippen molar-refractivity contribution in [3.05, 3.63) is 47.5 Å². The molecular weight excluding hydrogens is 364 g/mol. The summed E-state index contributed by atoms with van der Waals surface area (Å²) in [5.41, 5.74) is 4.44. The maximum Gasteiger partial charge on any atom is 0.0651 e. The maximum absolute atomic E-state index is 5.99. The zero-order valence-corrected chi connectivity index (χ0v) is 19.6. The number of fused-ring (bicyclic) bond motifs is 3. The van der Waals surface area contributed by atoms with Crippen LogP contribution in [0.25, 0.3) is 0 Å². The molecule has 4 fully saturated rings. The van der Waals surface area contributed by atoms with Crippen LogP contribution >= 0.6 is 0 Å². The van der Waals surface area contributed by atoms with Gasteiger partial charge >= 0.3 is 0 Å². The molecule has 1 aromatic carbocycles. The number of hydrogen-bond acceptors (Lipinski definition) is 1. The van der Waals surface area contributed by atoms with Gasteiger partial charge in [-0.25, -0.2) is 0 Å². The second-order valence-electron chi connectivity index (χ2n) is 10.7. The number of unbranched alkanes of at least 4 members (excludes halogenated alkanes) is 2. The molecule has 0 aromatic heterocycles. The molecule has 0 aliphatic heterocycles. The van der Waals surface area contributed by atoms with Gasteiger partial charge in [0.1, 0.15) is 0 Å². The van der Waals surface area contributed by atoms with Crippen molar-refractivity contribution in [3.63, 3.8) is 0 Å². The summed E-state index contributed by atoms with van der Waals surface area (Å²) in [6, 6.07) is 9.99. The van der Waals surface area contributed by atoms with Crippen molar-refractivity contribution in [1.82, 2.24) is 0 Å². The summed E-state index contributed by atoms with van der Waals surface area (Å²) in [6.07, 6.45) is 24.2. The smallest absolute Gasteiger partial charge is 0.0651 e. The minimum Gasteiger partial charge on any atom is -0.374 e. The van der Waals surface area contributed by atoms with E-state index in [1.165, 1.54) is 89.9 Å². The minimum atomic E-state index is 0.470. The van der Waals surface area contributed by atoms with Crippen molar-refractivity contribution in [1.29, 1.82) is 0 Å².